The Morgan fingerprint density at radius 1 is 1.11 bits per heavy atom. The van der Waals surface area contributed by atoms with Crippen LogP contribution < -0.4 is 5.73 Å². The van der Waals surface area contributed by atoms with Gasteiger partial charge in [-0.15, -0.1) is 0 Å². The minimum Gasteiger partial charge on any atom is -0.329 e. The van der Waals surface area contributed by atoms with Gasteiger partial charge in [0.25, 0.3) is 0 Å². The molecule has 0 heterocycles. The van der Waals surface area contributed by atoms with Crippen LogP contribution in [0.2, 0.25) is 0 Å². The van der Waals surface area contributed by atoms with Gasteiger partial charge in [0.2, 0.25) is 0 Å². The molecule has 0 amide bonds. The molecule has 18 heavy (non-hydrogen) atoms. The molecule has 1 atom stereocenters. The lowest BCUT2D eigenvalue weighted by Gasteiger charge is -2.45. The normalized spacial score (nSPS) is 19.8. The molecule has 1 aliphatic rings. The molecular formula is C16H34N2. The molecule has 0 spiro atoms. The molecule has 0 aromatic rings. The Balaban J connectivity index is 2.56. The quantitative estimate of drug-likeness (QED) is 0.642. The van der Waals surface area contributed by atoms with Crippen LogP contribution in [0.4, 0.5) is 0 Å². The van der Waals surface area contributed by atoms with Crippen LogP contribution in [0.1, 0.15) is 72.1 Å². The summed E-state index contributed by atoms with van der Waals surface area (Å²) in [5.41, 5.74) is 6.38. The number of hydrogen-bond donors (Lipinski definition) is 1. The van der Waals surface area contributed by atoms with E-state index in [4.69, 9.17) is 5.73 Å². The highest BCUT2D eigenvalue weighted by molar-refractivity contribution is 4.91. The van der Waals surface area contributed by atoms with E-state index in [-0.39, 0.29) is 5.54 Å². The Labute approximate surface area is 114 Å². The van der Waals surface area contributed by atoms with Crippen LogP contribution in [0.25, 0.3) is 0 Å². The van der Waals surface area contributed by atoms with Gasteiger partial charge >= 0.3 is 0 Å². The van der Waals surface area contributed by atoms with Gasteiger partial charge in [-0.05, 0) is 45.2 Å². The molecule has 1 unspecified atom stereocenters. The molecule has 1 rings (SSSR count). The molecule has 0 bridgehead atoms. The number of hydrogen-bond acceptors (Lipinski definition) is 2. The van der Waals surface area contributed by atoms with Crippen molar-refractivity contribution in [1.29, 1.82) is 0 Å². The van der Waals surface area contributed by atoms with Crippen LogP contribution in [0.15, 0.2) is 0 Å². The zero-order valence-corrected chi connectivity index (χ0v) is 12.9. The fourth-order valence-electron chi connectivity index (χ4n) is 3.01. The Morgan fingerprint density at radius 3 is 2.00 bits per heavy atom. The predicted octanol–water partition coefficient (Wildman–Crippen LogP) is 3.80. The fourth-order valence-corrected chi connectivity index (χ4v) is 3.01. The lowest BCUT2D eigenvalue weighted by atomic mass is 9.75. The van der Waals surface area contributed by atoms with Gasteiger partial charge in [-0.2, -0.15) is 0 Å². The molecule has 0 radical (unpaired) electrons. The maximum Gasteiger partial charge on any atom is 0.0306 e. The van der Waals surface area contributed by atoms with Crippen LogP contribution in [-0.4, -0.2) is 30.1 Å². The summed E-state index contributed by atoms with van der Waals surface area (Å²) in [6.07, 6.45) is 10.8. The molecule has 0 aliphatic heterocycles. The Morgan fingerprint density at radius 2 is 1.67 bits per heavy atom. The van der Waals surface area contributed by atoms with E-state index in [0.29, 0.717) is 0 Å². The van der Waals surface area contributed by atoms with Crippen molar-refractivity contribution in [3.8, 4) is 0 Å². The summed E-state index contributed by atoms with van der Waals surface area (Å²) in [6.45, 7) is 10.2. The number of nitrogens with two attached hydrogens (primary N) is 1. The molecule has 1 fully saturated rings. The van der Waals surface area contributed by atoms with Crippen molar-refractivity contribution in [3.05, 3.63) is 0 Å². The van der Waals surface area contributed by atoms with Gasteiger partial charge in [0.15, 0.2) is 0 Å². The van der Waals surface area contributed by atoms with Crippen LogP contribution in [-0.2, 0) is 0 Å². The maximum absolute atomic E-state index is 6.14. The van der Waals surface area contributed by atoms with Crippen molar-refractivity contribution in [1.82, 2.24) is 4.90 Å². The van der Waals surface area contributed by atoms with Crippen LogP contribution in [0.5, 0.6) is 0 Å². The predicted molar refractivity (Wildman–Crippen MR) is 80.8 cm³/mol. The van der Waals surface area contributed by atoms with Gasteiger partial charge in [-0.3, -0.25) is 4.90 Å². The first-order chi connectivity index (χ1) is 8.66. The zero-order valence-electron chi connectivity index (χ0n) is 12.9. The van der Waals surface area contributed by atoms with Crippen molar-refractivity contribution in [3.63, 3.8) is 0 Å². The number of unbranched alkanes of at least 4 members (excludes halogenated alkanes) is 2. The van der Waals surface area contributed by atoms with Crippen molar-refractivity contribution >= 4 is 0 Å². The average Bonchev–Trinajstić information content (AvgIpc) is 2.34. The minimum absolute atomic E-state index is 0.245. The van der Waals surface area contributed by atoms with E-state index in [1.54, 1.807) is 0 Å². The summed E-state index contributed by atoms with van der Waals surface area (Å²) < 4.78 is 0. The van der Waals surface area contributed by atoms with Gasteiger partial charge in [-0.25, -0.2) is 0 Å². The molecule has 0 aromatic carbocycles. The second-order valence-electron chi connectivity index (χ2n) is 6.40. The topological polar surface area (TPSA) is 29.3 Å². The highest BCUT2D eigenvalue weighted by Gasteiger charge is 2.34. The van der Waals surface area contributed by atoms with Gasteiger partial charge < -0.3 is 5.73 Å². The third kappa shape index (κ3) is 4.55. The van der Waals surface area contributed by atoms with Crippen LogP contribution >= 0.6 is 0 Å². The highest BCUT2D eigenvalue weighted by atomic mass is 15.2. The summed E-state index contributed by atoms with van der Waals surface area (Å²) in [6, 6.07) is 0. The monoisotopic (exact) mass is 254 g/mol. The molecule has 0 aromatic heterocycles. The van der Waals surface area contributed by atoms with Crippen molar-refractivity contribution < 1.29 is 0 Å². The zero-order chi connectivity index (χ0) is 13.4. The third-order valence-corrected chi connectivity index (χ3v) is 4.72. The maximum atomic E-state index is 6.14. The summed E-state index contributed by atoms with van der Waals surface area (Å²) in [5.74, 6) is 0.948. The molecule has 1 saturated carbocycles. The minimum atomic E-state index is 0.245. The van der Waals surface area contributed by atoms with E-state index in [1.807, 2.05) is 0 Å². The summed E-state index contributed by atoms with van der Waals surface area (Å²) in [5, 5.41) is 0. The molecule has 108 valence electrons. The Hall–Kier alpha value is -0.0800. The third-order valence-electron chi connectivity index (χ3n) is 4.72. The summed E-state index contributed by atoms with van der Waals surface area (Å²) >= 11 is 0. The standard InChI is InChI=1S/C16H34N2/c1-4-6-11-18(12-7-5-2)16(3,14-17)13-15-9-8-10-15/h15H,4-14,17H2,1-3H3. The first kappa shape index (κ1) is 16.0. The summed E-state index contributed by atoms with van der Waals surface area (Å²) in [7, 11) is 0. The lowest BCUT2D eigenvalue weighted by molar-refractivity contribution is 0.0650. The Kier molecular flexibility index (Phi) is 7.25. The smallest absolute Gasteiger partial charge is 0.0306 e. The Bertz CT molecular complexity index is 205. The largest absolute Gasteiger partial charge is 0.329 e. The average molecular weight is 254 g/mol. The SMILES string of the molecule is CCCCN(CCCC)C(C)(CN)CC1CCC1. The summed E-state index contributed by atoms with van der Waals surface area (Å²) in [4.78, 5) is 2.69. The molecule has 2 heteroatoms. The van der Waals surface area contributed by atoms with E-state index in [9.17, 15) is 0 Å². The van der Waals surface area contributed by atoms with Gasteiger partial charge in [-0.1, -0.05) is 46.0 Å². The molecular weight excluding hydrogens is 220 g/mol. The van der Waals surface area contributed by atoms with Crippen molar-refractivity contribution in [2.45, 2.75) is 77.7 Å². The fraction of sp³-hybridized carbons (Fsp3) is 1.00. The van der Waals surface area contributed by atoms with E-state index in [2.05, 4.69) is 25.7 Å². The van der Waals surface area contributed by atoms with Crippen molar-refractivity contribution in [2.75, 3.05) is 19.6 Å². The van der Waals surface area contributed by atoms with E-state index in [1.165, 1.54) is 64.5 Å². The molecule has 2 nitrogen and oxygen atoms in total. The van der Waals surface area contributed by atoms with Gasteiger partial charge in [0.1, 0.15) is 0 Å². The van der Waals surface area contributed by atoms with Crippen LogP contribution in [0, 0.1) is 5.92 Å². The molecule has 1 aliphatic carbocycles. The first-order valence-electron chi connectivity index (χ1n) is 8.11. The first-order valence-corrected chi connectivity index (χ1v) is 8.11. The highest BCUT2D eigenvalue weighted by Crippen LogP contribution is 2.36. The van der Waals surface area contributed by atoms with Gasteiger partial charge in [0, 0.05) is 12.1 Å². The van der Waals surface area contributed by atoms with E-state index >= 15 is 0 Å². The molecule has 2 N–H and O–H groups in total. The second-order valence-corrected chi connectivity index (χ2v) is 6.40. The lowest BCUT2D eigenvalue weighted by Crippen LogP contribution is -2.53. The number of nitrogens with zero attached hydrogens (tertiary/aromatic N) is 1. The molecule has 0 saturated heterocycles. The second kappa shape index (κ2) is 8.16. The van der Waals surface area contributed by atoms with E-state index < -0.39 is 0 Å². The van der Waals surface area contributed by atoms with Crippen molar-refractivity contribution in [2.24, 2.45) is 11.7 Å². The number of rotatable bonds is 10. The van der Waals surface area contributed by atoms with Crippen LogP contribution in [0.3, 0.4) is 0 Å². The van der Waals surface area contributed by atoms with Gasteiger partial charge in [0.05, 0.1) is 0 Å². The van der Waals surface area contributed by atoms with E-state index in [0.717, 1.165) is 12.5 Å².